The summed E-state index contributed by atoms with van der Waals surface area (Å²) in [5.41, 5.74) is 5.77. The van der Waals surface area contributed by atoms with Crippen molar-refractivity contribution in [2.45, 2.75) is 18.7 Å². The molecule has 0 aliphatic rings. The van der Waals surface area contributed by atoms with E-state index in [0.29, 0.717) is 0 Å². The summed E-state index contributed by atoms with van der Waals surface area (Å²) in [6, 6.07) is 12.8. The predicted octanol–water partition coefficient (Wildman–Crippen LogP) is 6.50. The second-order valence-electron chi connectivity index (χ2n) is 5.81. The van der Waals surface area contributed by atoms with Crippen LogP contribution < -0.4 is 5.32 Å². The molecule has 2 heterocycles. The van der Waals surface area contributed by atoms with Gasteiger partial charge in [-0.2, -0.15) is 0 Å². The minimum absolute atomic E-state index is 0.873. The Kier molecular flexibility index (Phi) is 4.50. The molecule has 0 saturated heterocycles. The van der Waals surface area contributed by atoms with Gasteiger partial charge in [0, 0.05) is 15.8 Å². The van der Waals surface area contributed by atoms with Crippen molar-refractivity contribution >= 4 is 54.9 Å². The number of hydrogen-bond acceptors (Lipinski definition) is 6. The van der Waals surface area contributed by atoms with Crippen LogP contribution in [-0.4, -0.2) is 16.2 Å². The van der Waals surface area contributed by atoms with Gasteiger partial charge in [-0.3, -0.25) is 0 Å². The van der Waals surface area contributed by atoms with Gasteiger partial charge >= 0.3 is 0 Å². The van der Waals surface area contributed by atoms with E-state index in [2.05, 4.69) is 72.2 Å². The van der Waals surface area contributed by atoms with Crippen molar-refractivity contribution in [3.63, 3.8) is 0 Å². The zero-order valence-corrected chi connectivity index (χ0v) is 16.6. The molecule has 4 aromatic rings. The summed E-state index contributed by atoms with van der Waals surface area (Å²) in [7, 11) is 0. The monoisotopic (exact) mass is 383 g/mol. The van der Waals surface area contributed by atoms with Crippen molar-refractivity contribution in [3.05, 3.63) is 52.9 Å². The number of rotatable bonds is 4. The highest BCUT2D eigenvalue weighted by Gasteiger charge is 2.09. The van der Waals surface area contributed by atoms with Crippen molar-refractivity contribution in [2.75, 3.05) is 11.6 Å². The lowest BCUT2D eigenvalue weighted by molar-refractivity contribution is 1.32. The highest BCUT2D eigenvalue weighted by atomic mass is 32.2. The number of thiazole rings is 2. The maximum Gasteiger partial charge on any atom is 0.190 e. The molecule has 0 unspecified atom stereocenters. The lowest BCUT2D eigenvalue weighted by atomic mass is 10.1. The third-order valence-corrected chi connectivity index (χ3v) is 6.53. The first-order chi connectivity index (χ1) is 12.1. The van der Waals surface area contributed by atoms with Crippen LogP contribution in [0.15, 0.2) is 46.7 Å². The van der Waals surface area contributed by atoms with Crippen LogP contribution in [0.1, 0.15) is 11.1 Å². The van der Waals surface area contributed by atoms with Crippen LogP contribution >= 0.6 is 34.4 Å². The van der Waals surface area contributed by atoms with Gasteiger partial charge in [0.25, 0.3) is 0 Å². The minimum Gasteiger partial charge on any atom is -0.307 e. The average Bonchev–Trinajstić information content (AvgIpc) is 3.23. The number of nitrogens with zero attached hydrogens (tertiary/aromatic N) is 2. The molecule has 3 nitrogen and oxygen atoms in total. The van der Waals surface area contributed by atoms with Crippen LogP contribution in [0, 0.1) is 13.8 Å². The SMILES string of the molecule is CSc1ccc2nc(Nc3nc(-c4ccc(C)c(C)c4)cs3)sc2c1. The van der Waals surface area contributed by atoms with E-state index in [1.54, 1.807) is 34.4 Å². The smallest absolute Gasteiger partial charge is 0.190 e. The van der Waals surface area contributed by atoms with Crippen molar-refractivity contribution in [2.24, 2.45) is 0 Å². The topological polar surface area (TPSA) is 37.8 Å². The molecule has 2 aromatic carbocycles. The van der Waals surface area contributed by atoms with Gasteiger partial charge in [-0.25, -0.2) is 9.97 Å². The van der Waals surface area contributed by atoms with Crippen LogP contribution in [0.3, 0.4) is 0 Å². The molecule has 0 aliphatic heterocycles. The van der Waals surface area contributed by atoms with Crippen LogP contribution in [-0.2, 0) is 0 Å². The first-order valence-electron chi connectivity index (χ1n) is 7.87. The zero-order chi connectivity index (χ0) is 17.4. The van der Waals surface area contributed by atoms with E-state index >= 15 is 0 Å². The van der Waals surface area contributed by atoms with Gasteiger partial charge in [0.15, 0.2) is 10.3 Å². The number of anilines is 2. The Bertz CT molecular complexity index is 1050. The van der Waals surface area contributed by atoms with Gasteiger partial charge in [-0.05, 0) is 55.5 Å². The van der Waals surface area contributed by atoms with Crippen LogP contribution in [0.2, 0.25) is 0 Å². The number of aromatic nitrogens is 2. The van der Waals surface area contributed by atoms with E-state index in [1.807, 2.05) is 0 Å². The minimum atomic E-state index is 0.873. The van der Waals surface area contributed by atoms with E-state index in [0.717, 1.165) is 27.0 Å². The highest BCUT2D eigenvalue weighted by Crippen LogP contribution is 2.33. The van der Waals surface area contributed by atoms with Gasteiger partial charge in [-0.15, -0.1) is 23.1 Å². The second-order valence-corrected chi connectivity index (χ2v) is 8.58. The van der Waals surface area contributed by atoms with E-state index < -0.39 is 0 Å². The van der Waals surface area contributed by atoms with Crippen molar-refractivity contribution in [3.8, 4) is 11.3 Å². The summed E-state index contributed by atoms with van der Waals surface area (Å²) >= 11 is 5.02. The number of fused-ring (bicyclic) bond motifs is 1. The summed E-state index contributed by atoms with van der Waals surface area (Å²) in [4.78, 5) is 10.6. The number of hydrogen-bond donors (Lipinski definition) is 1. The fourth-order valence-electron chi connectivity index (χ4n) is 2.54. The van der Waals surface area contributed by atoms with E-state index in [1.165, 1.54) is 20.7 Å². The van der Waals surface area contributed by atoms with Crippen molar-refractivity contribution in [1.29, 1.82) is 0 Å². The summed E-state index contributed by atoms with van der Waals surface area (Å²) < 4.78 is 1.19. The summed E-state index contributed by atoms with van der Waals surface area (Å²) in [6.45, 7) is 4.26. The molecular weight excluding hydrogens is 366 g/mol. The third kappa shape index (κ3) is 3.42. The fraction of sp³-hybridized carbons (Fsp3) is 0.158. The quantitative estimate of drug-likeness (QED) is 0.408. The number of benzene rings is 2. The largest absolute Gasteiger partial charge is 0.307 e. The third-order valence-electron chi connectivity index (χ3n) is 4.12. The van der Waals surface area contributed by atoms with Crippen molar-refractivity contribution in [1.82, 2.24) is 9.97 Å². The fourth-order valence-corrected chi connectivity index (χ4v) is 4.74. The molecule has 1 N–H and O–H groups in total. The molecule has 25 heavy (non-hydrogen) atoms. The van der Waals surface area contributed by atoms with Gasteiger partial charge in [0.2, 0.25) is 0 Å². The molecule has 0 fully saturated rings. The van der Waals surface area contributed by atoms with Gasteiger partial charge in [-0.1, -0.05) is 23.5 Å². The maximum absolute atomic E-state index is 4.72. The Morgan fingerprint density at radius 2 is 1.84 bits per heavy atom. The molecule has 6 heteroatoms. The van der Waals surface area contributed by atoms with Crippen LogP contribution in [0.5, 0.6) is 0 Å². The Balaban J connectivity index is 1.59. The molecule has 0 amide bonds. The molecule has 0 atom stereocenters. The molecule has 4 rings (SSSR count). The average molecular weight is 384 g/mol. The normalized spacial score (nSPS) is 11.2. The predicted molar refractivity (Wildman–Crippen MR) is 112 cm³/mol. The molecule has 0 spiro atoms. The Labute approximate surface area is 159 Å². The molecule has 0 aliphatic carbocycles. The Morgan fingerprint density at radius 1 is 0.960 bits per heavy atom. The zero-order valence-electron chi connectivity index (χ0n) is 14.2. The number of nitrogens with one attached hydrogen (secondary N) is 1. The van der Waals surface area contributed by atoms with E-state index in [4.69, 9.17) is 4.98 Å². The van der Waals surface area contributed by atoms with Gasteiger partial charge in [0.1, 0.15) is 0 Å². The van der Waals surface area contributed by atoms with Gasteiger partial charge in [0.05, 0.1) is 15.9 Å². The van der Waals surface area contributed by atoms with Crippen molar-refractivity contribution < 1.29 is 0 Å². The summed E-state index contributed by atoms with van der Waals surface area (Å²) in [6.07, 6.45) is 2.09. The van der Waals surface area contributed by atoms with E-state index in [-0.39, 0.29) is 0 Å². The lowest BCUT2D eigenvalue weighted by Gasteiger charge is -2.02. The Hall–Kier alpha value is -1.89. The molecule has 2 aromatic heterocycles. The molecule has 0 radical (unpaired) electrons. The Morgan fingerprint density at radius 3 is 2.64 bits per heavy atom. The van der Waals surface area contributed by atoms with Crippen LogP contribution in [0.4, 0.5) is 10.3 Å². The first-order valence-corrected chi connectivity index (χ1v) is 10.8. The molecule has 0 saturated carbocycles. The molecule has 0 bridgehead atoms. The van der Waals surface area contributed by atoms with E-state index in [9.17, 15) is 0 Å². The highest BCUT2D eigenvalue weighted by molar-refractivity contribution is 7.98. The molecule has 126 valence electrons. The molecular formula is C19H17N3S3. The van der Waals surface area contributed by atoms with Gasteiger partial charge < -0.3 is 5.32 Å². The maximum atomic E-state index is 4.72. The first kappa shape index (κ1) is 16.6. The standard InChI is InChI=1S/C19H17N3S3/c1-11-4-5-13(8-12(11)2)16-10-24-18(21-16)22-19-20-15-7-6-14(23-3)9-17(15)25-19/h4-10H,1-3H3,(H,20,21,22). The second kappa shape index (κ2) is 6.78. The number of thioether (sulfide) groups is 1. The van der Waals surface area contributed by atoms with Crippen LogP contribution in [0.25, 0.3) is 21.5 Å². The lowest BCUT2D eigenvalue weighted by Crippen LogP contribution is -1.89. The summed E-state index contributed by atoms with van der Waals surface area (Å²) in [5, 5.41) is 7.20. The number of aryl methyl sites for hydroxylation is 2. The summed E-state index contributed by atoms with van der Waals surface area (Å²) in [5.74, 6) is 0.